The number of Topliss-reactive ketones (excluding diaryl/α,β-unsaturated/α-hetero) is 1. The molecule has 0 saturated heterocycles. The van der Waals surface area contributed by atoms with Crippen molar-refractivity contribution < 1.29 is 24.2 Å². The van der Waals surface area contributed by atoms with Crippen LogP contribution in [0.1, 0.15) is 60.2 Å². The largest absolute Gasteiger partial charge is 0.545 e. The van der Waals surface area contributed by atoms with Crippen LogP contribution in [0.5, 0.6) is 0 Å². The van der Waals surface area contributed by atoms with Crippen molar-refractivity contribution in [3.8, 4) is 0 Å². The van der Waals surface area contributed by atoms with Crippen LogP contribution < -0.4 is 5.11 Å². The Morgan fingerprint density at radius 3 is 2.36 bits per heavy atom. The highest BCUT2D eigenvalue weighted by atomic mass is 16.5. The normalized spacial score (nSPS) is 11.7. The second kappa shape index (κ2) is 8.97. The van der Waals surface area contributed by atoms with Crippen LogP contribution in [0, 0.1) is 5.92 Å². The van der Waals surface area contributed by atoms with Gasteiger partial charge in [0.25, 0.3) is 0 Å². The average molecular weight is 305 g/mol. The van der Waals surface area contributed by atoms with Crippen molar-refractivity contribution in [2.75, 3.05) is 6.61 Å². The molecule has 1 unspecified atom stereocenters. The van der Waals surface area contributed by atoms with E-state index in [0.717, 1.165) is 12.8 Å². The number of carboxylic acid groups (broad SMARTS) is 1. The molecular formula is C17H21O5-. The van der Waals surface area contributed by atoms with E-state index in [-0.39, 0.29) is 23.5 Å². The molecule has 0 amide bonds. The van der Waals surface area contributed by atoms with Crippen LogP contribution in [0.15, 0.2) is 24.3 Å². The Morgan fingerprint density at radius 1 is 1.14 bits per heavy atom. The minimum atomic E-state index is -1.40. The molecule has 1 aromatic rings. The van der Waals surface area contributed by atoms with Gasteiger partial charge in [0, 0.05) is 12.0 Å². The van der Waals surface area contributed by atoms with E-state index in [2.05, 4.69) is 6.92 Å². The van der Waals surface area contributed by atoms with Crippen molar-refractivity contribution in [1.29, 1.82) is 0 Å². The number of carboxylic acids is 1. The molecule has 0 aliphatic heterocycles. The first-order chi connectivity index (χ1) is 10.4. The van der Waals surface area contributed by atoms with E-state index in [1.807, 2.05) is 0 Å². The predicted octanol–water partition coefficient (Wildman–Crippen LogP) is 1.99. The second-order valence-corrected chi connectivity index (χ2v) is 5.46. The van der Waals surface area contributed by atoms with Crippen molar-refractivity contribution >= 4 is 17.7 Å². The first kappa shape index (κ1) is 17.9. The van der Waals surface area contributed by atoms with Crippen LogP contribution in [-0.2, 0) is 9.53 Å². The van der Waals surface area contributed by atoms with Crippen LogP contribution >= 0.6 is 0 Å². The summed E-state index contributed by atoms with van der Waals surface area (Å²) in [6, 6.07) is 5.82. The minimum absolute atomic E-state index is 0.00660. The van der Waals surface area contributed by atoms with Crippen molar-refractivity contribution in [2.45, 2.75) is 39.5 Å². The lowest BCUT2D eigenvalue weighted by molar-refractivity contribution is -0.255. The maximum absolute atomic E-state index is 11.9. The summed E-state index contributed by atoms with van der Waals surface area (Å²) in [7, 11) is 0. The van der Waals surface area contributed by atoms with Gasteiger partial charge in [0.2, 0.25) is 0 Å². The molecule has 0 bridgehead atoms. The topological polar surface area (TPSA) is 83.5 Å². The zero-order valence-electron chi connectivity index (χ0n) is 13.0. The van der Waals surface area contributed by atoms with E-state index in [4.69, 9.17) is 4.74 Å². The molecule has 5 heteroatoms. The lowest BCUT2D eigenvalue weighted by Crippen LogP contribution is -2.25. The number of hydrogen-bond donors (Lipinski definition) is 0. The molecule has 0 N–H and O–H groups in total. The Bertz CT molecular complexity index is 536. The first-order valence-electron chi connectivity index (χ1n) is 7.38. The molecule has 0 aliphatic carbocycles. The molecule has 1 aromatic carbocycles. The zero-order valence-corrected chi connectivity index (χ0v) is 13.0. The fourth-order valence-electron chi connectivity index (χ4n) is 2.11. The zero-order chi connectivity index (χ0) is 16.5. The van der Waals surface area contributed by atoms with Crippen LogP contribution in [0.2, 0.25) is 0 Å². The molecule has 0 saturated carbocycles. The van der Waals surface area contributed by atoms with E-state index in [0.29, 0.717) is 18.8 Å². The predicted molar refractivity (Wildman–Crippen MR) is 79.4 cm³/mol. The SMILES string of the molecule is CC(=O)CCC(C)CCCOC(=O)c1ccccc1C(=O)[O-]. The van der Waals surface area contributed by atoms with E-state index in [1.165, 1.54) is 18.2 Å². The van der Waals surface area contributed by atoms with Gasteiger partial charge in [-0.2, -0.15) is 0 Å². The highest BCUT2D eigenvalue weighted by Gasteiger charge is 2.13. The summed E-state index contributed by atoms with van der Waals surface area (Å²) in [6.07, 6.45) is 2.93. The number of esters is 1. The number of aromatic carboxylic acids is 1. The van der Waals surface area contributed by atoms with Gasteiger partial charge in [0.05, 0.1) is 18.1 Å². The fraction of sp³-hybridized carbons (Fsp3) is 0.471. The van der Waals surface area contributed by atoms with Crippen LogP contribution in [-0.4, -0.2) is 24.3 Å². The quantitative estimate of drug-likeness (QED) is 0.514. The van der Waals surface area contributed by atoms with Crippen LogP contribution in [0.3, 0.4) is 0 Å². The van der Waals surface area contributed by atoms with Gasteiger partial charge in [-0.05, 0) is 38.2 Å². The molecule has 0 aromatic heterocycles. The van der Waals surface area contributed by atoms with Gasteiger partial charge < -0.3 is 19.4 Å². The number of carbonyl (C=O) groups excluding carboxylic acids is 3. The Kier molecular flexibility index (Phi) is 7.29. The third-order valence-electron chi connectivity index (χ3n) is 3.43. The fourth-order valence-corrected chi connectivity index (χ4v) is 2.11. The van der Waals surface area contributed by atoms with Gasteiger partial charge in [0.15, 0.2) is 0 Å². The van der Waals surface area contributed by atoms with Crippen LogP contribution in [0.4, 0.5) is 0 Å². The van der Waals surface area contributed by atoms with E-state index < -0.39 is 11.9 Å². The summed E-state index contributed by atoms with van der Waals surface area (Å²) in [6.45, 7) is 3.85. The van der Waals surface area contributed by atoms with Crippen molar-refractivity contribution in [3.05, 3.63) is 35.4 Å². The molecule has 1 rings (SSSR count). The molecule has 0 fully saturated rings. The smallest absolute Gasteiger partial charge is 0.338 e. The van der Waals surface area contributed by atoms with E-state index in [9.17, 15) is 19.5 Å². The number of hydrogen-bond acceptors (Lipinski definition) is 5. The van der Waals surface area contributed by atoms with Gasteiger partial charge in [-0.15, -0.1) is 0 Å². The molecule has 0 spiro atoms. The number of ether oxygens (including phenoxy) is 1. The average Bonchev–Trinajstić information content (AvgIpc) is 2.49. The molecule has 0 radical (unpaired) electrons. The summed E-state index contributed by atoms with van der Waals surface area (Å²) in [5.74, 6) is -1.49. The molecule has 0 heterocycles. The third kappa shape index (κ3) is 6.08. The summed E-state index contributed by atoms with van der Waals surface area (Å²) >= 11 is 0. The summed E-state index contributed by atoms with van der Waals surface area (Å²) in [4.78, 5) is 33.7. The maximum atomic E-state index is 11.9. The summed E-state index contributed by atoms with van der Waals surface area (Å²) < 4.78 is 5.10. The van der Waals surface area contributed by atoms with Gasteiger partial charge in [-0.25, -0.2) is 4.79 Å². The lowest BCUT2D eigenvalue weighted by atomic mass is 9.99. The minimum Gasteiger partial charge on any atom is -0.545 e. The maximum Gasteiger partial charge on any atom is 0.338 e. The molecule has 120 valence electrons. The monoisotopic (exact) mass is 305 g/mol. The molecule has 5 nitrogen and oxygen atoms in total. The highest BCUT2D eigenvalue weighted by molar-refractivity contribution is 6.01. The Hall–Kier alpha value is -2.17. The first-order valence-corrected chi connectivity index (χ1v) is 7.38. The number of carbonyl (C=O) groups is 3. The third-order valence-corrected chi connectivity index (χ3v) is 3.43. The molecule has 22 heavy (non-hydrogen) atoms. The summed E-state index contributed by atoms with van der Waals surface area (Å²) in [5, 5.41) is 10.9. The lowest BCUT2D eigenvalue weighted by Gasteiger charge is -2.12. The molecule has 0 aliphatic rings. The summed E-state index contributed by atoms with van der Waals surface area (Å²) in [5.41, 5.74) is -0.158. The second-order valence-electron chi connectivity index (χ2n) is 5.46. The van der Waals surface area contributed by atoms with Gasteiger partial charge in [0.1, 0.15) is 5.78 Å². The van der Waals surface area contributed by atoms with Crippen molar-refractivity contribution in [3.63, 3.8) is 0 Å². The Morgan fingerprint density at radius 2 is 1.77 bits per heavy atom. The molecular weight excluding hydrogens is 284 g/mol. The van der Waals surface area contributed by atoms with E-state index >= 15 is 0 Å². The van der Waals surface area contributed by atoms with Crippen molar-refractivity contribution in [1.82, 2.24) is 0 Å². The number of benzene rings is 1. The molecule has 1 atom stereocenters. The number of ketones is 1. The Balaban J connectivity index is 2.38. The number of rotatable bonds is 9. The van der Waals surface area contributed by atoms with Crippen LogP contribution in [0.25, 0.3) is 0 Å². The Labute approximate surface area is 130 Å². The highest BCUT2D eigenvalue weighted by Crippen LogP contribution is 2.14. The van der Waals surface area contributed by atoms with Gasteiger partial charge >= 0.3 is 5.97 Å². The van der Waals surface area contributed by atoms with Gasteiger partial charge in [-0.1, -0.05) is 25.1 Å². The standard InChI is InChI=1S/C17H22O5/c1-12(9-10-13(2)18)6-5-11-22-17(21)15-8-4-3-7-14(15)16(19)20/h3-4,7-8,12H,5-6,9-11H2,1-2H3,(H,19,20)/p-1. The van der Waals surface area contributed by atoms with Gasteiger partial charge in [-0.3, -0.25) is 0 Å². The van der Waals surface area contributed by atoms with E-state index in [1.54, 1.807) is 13.0 Å². The van der Waals surface area contributed by atoms with Crippen molar-refractivity contribution in [2.24, 2.45) is 5.92 Å².